The first-order valence-electron chi connectivity index (χ1n) is 7.14. The Balaban J connectivity index is 2.34. The maximum atomic E-state index is 2.35. The third-order valence-corrected chi connectivity index (χ3v) is 3.34. The Kier molecular flexibility index (Phi) is 5.14. The molecule has 0 aliphatic rings. The Bertz CT molecular complexity index is 567. The van der Waals surface area contributed by atoms with Gasteiger partial charge in [-0.15, -0.1) is 0 Å². The number of aryl methyl sites for hydroxylation is 1. The highest BCUT2D eigenvalue weighted by atomic mass is 15.0. The minimum absolute atomic E-state index is 1.06. The van der Waals surface area contributed by atoms with E-state index in [9.17, 15) is 0 Å². The van der Waals surface area contributed by atoms with Crippen LogP contribution in [0.3, 0.4) is 0 Å². The summed E-state index contributed by atoms with van der Waals surface area (Å²) in [5, 5.41) is 0. The van der Waals surface area contributed by atoms with Gasteiger partial charge in [-0.25, -0.2) is 0 Å². The third kappa shape index (κ3) is 4.07. The summed E-state index contributed by atoms with van der Waals surface area (Å²) in [6, 6.07) is 19.4. The Morgan fingerprint density at radius 3 is 2.30 bits per heavy atom. The summed E-state index contributed by atoms with van der Waals surface area (Å²) in [5.41, 5.74) is 5.22. The number of hydrogen-bond donors (Lipinski definition) is 0. The van der Waals surface area contributed by atoms with Gasteiger partial charge in [-0.05, 0) is 44.1 Å². The van der Waals surface area contributed by atoms with Crippen molar-refractivity contribution in [1.82, 2.24) is 4.90 Å². The van der Waals surface area contributed by atoms with Crippen molar-refractivity contribution < 1.29 is 0 Å². The van der Waals surface area contributed by atoms with Crippen molar-refractivity contribution in [3.8, 4) is 0 Å². The molecule has 0 saturated carbocycles. The Morgan fingerprint density at radius 2 is 1.65 bits per heavy atom. The summed E-state index contributed by atoms with van der Waals surface area (Å²) in [6.45, 7) is 3.22. The molecule has 0 heterocycles. The van der Waals surface area contributed by atoms with E-state index in [2.05, 4.69) is 86.6 Å². The van der Waals surface area contributed by atoms with Gasteiger partial charge in [0.05, 0.1) is 0 Å². The van der Waals surface area contributed by atoms with Crippen molar-refractivity contribution in [3.63, 3.8) is 0 Å². The summed E-state index contributed by atoms with van der Waals surface area (Å²) in [5.74, 6) is 0. The van der Waals surface area contributed by atoms with Crippen molar-refractivity contribution in [2.45, 2.75) is 13.3 Å². The lowest BCUT2D eigenvalue weighted by Crippen LogP contribution is -2.12. The zero-order valence-corrected chi connectivity index (χ0v) is 12.6. The van der Waals surface area contributed by atoms with E-state index in [1.807, 2.05) is 0 Å². The van der Waals surface area contributed by atoms with Crippen LogP contribution in [0, 0.1) is 6.92 Å². The SMILES string of the molecule is Cc1cccc(C(=CCCN(C)C)c2ccccc2)c1. The first-order valence-corrected chi connectivity index (χ1v) is 7.14. The molecule has 0 N–H and O–H groups in total. The van der Waals surface area contributed by atoms with Crippen LogP contribution in [0.15, 0.2) is 60.7 Å². The van der Waals surface area contributed by atoms with E-state index < -0.39 is 0 Å². The summed E-state index contributed by atoms with van der Waals surface area (Å²) in [4.78, 5) is 2.22. The minimum Gasteiger partial charge on any atom is -0.309 e. The van der Waals surface area contributed by atoms with Crippen LogP contribution in [0.1, 0.15) is 23.1 Å². The molecule has 0 unspecified atom stereocenters. The molecule has 0 fully saturated rings. The summed E-state index contributed by atoms with van der Waals surface area (Å²) in [7, 11) is 4.23. The van der Waals surface area contributed by atoms with E-state index in [0.29, 0.717) is 0 Å². The fraction of sp³-hybridized carbons (Fsp3) is 0.263. The molecular formula is C19H23N. The smallest absolute Gasteiger partial charge is 0.00101 e. The first kappa shape index (κ1) is 14.5. The molecule has 2 aromatic rings. The molecule has 0 spiro atoms. The topological polar surface area (TPSA) is 3.24 Å². The van der Waals surface area contributed by atoms with Crippen LogP contribution in [-0.4, -0.2) is 25.5 Å². The van der Waals surface area contributed by atoms with E-state index in [1.54, 1.807) is 0 Å². The Morgan fingerprint density at radius 1 is 0.950 bits per heavy atom. The molecular weight excluding hydrogens is 242 g/mol. The quantitative estimate of drug-likeness (QED) is 0.775. The molecule has 0 atom stereocenters. The molecule has 1 nitrogen and oxygen atoms in total. The predicted molar refractivity (Wildman–Crippen MR) is 87.9 cm³/mol. The van der Waals surface area contributed by atoms with Gasteiger partial charge in [-0.2, -0.15) is 0 Å². The van der Waals surface area contributed by atoms with Gasteiger partial charge in [0.1, 0.15) is 0 Å². The second-order valence-corrected chi connectivity index (χ2v) is 5.45. The molecule has 0 aliphatic heterocycles. The lowest BCUT2D eigenvalue weighted by Gasteiger charge is -2.11. The monoisotopic (exact) mass is 265 g/mol. The maximum absolute atomic E-state index is 2.35. The van der Waals surface area contributed by atoms with E-state index in [4.69, 9.17) is 0 Å². The van der Waals surface area contributed by atoms with Crippen molar-refractivity contribution >= 4 is 5.57 Å². The molecule has 1 heteroatoms. The molecule has 0 aromatic heterocycles. The normalized spacial score (nSPS) is 11.9. The molecule has 2 rings (SSSR count). The van der Waals surface area contributed by atoms with Gasteiger partial charge < -0.3 is 4.90 Å². The van der Waals surface area contributed by atoms with Gasteiger partial charge >= 0.3 is 0 Å². The second kappa shape index (κ2) is 7.06. The van der Waals surface area contributed by atoms with Crippen LogP contribution in [0.5, 0.6) is 0 Å². The van der Waals surface area contributed by atoms with Crippen LogP contribution in [0.25, 0.3) is 5.57 Å². The van der Waals surface area contributed by atoms with Crippen LogP contribution in [0.4, 0.5) is 0 Å². The van der Waals surface area contributed by atoms with Gasteiger partial charge in [-0.3, -0.25) is 0 Å². The largest absolute Gasteiger partial charge is 0.309 e. The van der Waals surface area contributed by atoms with Gasteiger partial charge in [0.15, 0.2) is 0 Å². The second-order valence-electron chi connectivity index (χ2n) is 5.45. The molecule has 20 heavy (non-hydrogen) atoms. The number of hydrogen-bond acceptors (Lipinski definition) is 1. The minimum atomic E-state index is 1.06. The average Bonchev–Trinajstić information content (AvgIpc) is 2.44. The zero-order chi connectivity index (χ0) is 14.4. The van der Waals surface area contributed by atoms with Crippen LogP contribution in [-0.2, 0) is 0 Å². The maximum Gasteiger partial charge on any atom is 0.00101 e. The predicted octanol–water partition coefficient (Wildman–Crippen LogP) is 4.38. The summed E-state index contributed by atoms with van der Waals surface area (Å²) >= 11 is 0. The Hall–Kier alpha value is -1.86. The van der Waals surface area contributed by atoms with Crippen LogP contribution < -0.4 is 0 Å². The van der Waals surface area contributed by atoms with Crippen LogP contribution in [0.2, 0.25) is 0 Å². The molecule has 0 amide bonds. The van der Waals surface area contributed by atoms with Gasteiger partial charge in [0.2, 0.25) is 0 Å². The number of rotatable bonds is 5. The third-order valence-electron chi connectivity index (χ3n) is 3.34. The van der Waals surface area contributed by atoms with Gasteiger partial charge in [0.25, 0.3) is 0 Å². The molecule has 104 valence electrons. The molecule has 2 aromatic carbocycles. The fourth-order valence-corrected chi connectivity index (χ4v) is 2.30. The van der Waals surface area contributed by atoms with Crippen LogP contribution >= 0.6 is 0 Å². The molecule has 0 saturated heterocycles. The summed E-state index contributed by atoms with van der Waals surface area (Å²) < 4.78 is 0. The molecule has 0 bridgehead atoms. The highest BCUT2D eigenvalue weighted by molar-refractivity contribution is 5.79. The zero-order valence-electron chi connectivity index (χ0n) is 12.6. The van der Waals surface area contributed by atoms with Crippen molar-refractivity contribution in [3.05, 3.63) is 77.4 Å². The molecule has 0 aliphatic carbocycles. The first-order chi connectivity index (χ1) is 9.66. The van der Waals surface area contributed by atoms with Gasteiger partial charge in [-0.1, -0.05) is 66.2 Å². The van der Waals surface area contributed by atoms with Crippen molar-refractivity contribution in [2.75, 3.05) is 20.6 Å². The fourth-order valence-electron chi connectivity index (χ4n) is 2.30. The average molecular weight is 265 g/mol. The number of nitrogens with zero attached hydrogens (tertiary/aromatic N) is 1. The van der Waals surface area contributed by atoms with Crippen molar-refractivity contribution in [2.24, 2.45) is 0 Å². The van der Waals surface area contributed by atoms with E-state index in [1.165, 1.54) is 22.3 Å². The standard InChI is InChI=1S/C19H23N/c1-16-9-7-12-18(15-16)19(13-8-14-20(2)3)17-10-5-4-6-11-17/h4-7,9-13,15H,8,14H2,1-3H3. The molecule has 0 radical (unpaired) electrons. The highest BCUT2D eigenvalue weighted by Crippen LogP contribution is 2.24. The number of benzene rings is 2. The Labute approximate surface area is 122 Å². The van der Waals surface area contributed by atoms with E-state index in [0.717, 1.165) is 13.0 Å². The highest BCUT2D eigenvalue weighted by Gasteiger charge is 2.04. The van der Waals surface area contributed by atoms with Crippen molar-refractivity contribution in [1.29, 1.82) is 0 Å². The lowest BCUT2D eigenvalue weighted by molar-refractivity contribution is 0.417. The van der Waals surface area contributed by atoms with Gasteiger partial charge in [0, 0.05) is 6.54 Å². The lowest BCUT2D eigenvalue weighted by atomic mass is 9.96. The van der Waals surface area contributed by atoms with E-state index >= 15 is 0 Å². The van der Waals surface area contributed by atoms with E-state index in [-0.39, 0.29) is 0 Å². The summed E-state index contributed by atoms with van der Waals surface area (Å²) in [6.07, 6.45) is 3.41.